The highest BCUT2D eigenvalue weighted by Crippen LogP contribution is 2.00. The summed E-state index contributed by atoms with van der Waals surface area (Å²) in [7, 11) is 0. The third-order valence-electron chi connectivity index (χ3n) is 0.945. The molecule has 0 amide bonds. The Morgan fingerprint density at radius 1 is 1.20 bits per heavy atom. The molecule has 0 spiro atoms. The predicted molar refractivity (Wildman–Crippen MR) is 44.0 cm³/mol. The third-order valence-corrected chi connectivity index (χ3v) is 1.62. The number of hydrogen-bond donors (Lipinski definition) is 1. The maximum atomic E-state index is 10.3. The second kappa shape index (κ2) is 4.84. The molecule has 1 unspecified atom stereocenters. The van der Waals surface area contributed by atoms with E-state index in [1.807, 2.05) is 0 Å². The molecule has 1 aromatic carbocycles. The minimum Gasteiger partial charge on any atom is -0.302 e. The molecule has 1 N–H and O–H groups in total. The van der Waals surface area contributed by atoms with Crippen LogP contribution < -0.4 is 0 Å². The van der Waals surface area contributed by atoms with Gasteiger partial charge in [0.2, 0.25) is 0 Å². The highest BCUT2D eigenvalue weighted by Gasteiger charge is 1.93. The first-order valence-corrected chi connectivity index (χ1v) is 3.57. The first-order chi connectivity index (χ1) is 4.30. The van der Waals surface area contributed by atoms with Gasteiger partial charge in [0.25, 0.3) is 0 Å². The van der Waals surface area contributed by atoms with E-state index >= 15 is 0 Å². The van der Waals surface area contributed by atoms with Crippen LogP contribution in [0.25, 0.3) is 0 Å². The smallest absolute Gasteiger partial charge is 0.302 e. The van der Waals surface area contributed by atoms with Crippen LogP contribution in [-0.4, -0.2) is 31.8 Å². The van der Waals surface area contributed by atoms with Crippen molar-refractivity contribution in [1.82, 2.24) is 0 Å². The van der Waals surface area contributed by atoms with Gasteiger partial charge in [0.15, 0.2) is 11.1 Å². The van der Waals surface area contributed by atoms with Gasteiger partial charge < -0.3 is 4.55 Å². The Kier molecular flexibility index (Phi) is 4.89. The molecule has 2 nitrogen and oxygen atoms in total. The average Bonchev–Trinajstić information content (AvgIpc) is 1.90. The number of hydrogen-bond acceptors (Lipinski definition) is 1. The van der Waals surface area contributed by atoms with E-state index in [1.54, 1.807) is 30.3 Å². The van der Waals surface area contributed by atoms with E-state index in [9.17, 15) is 4.21 Å². The monoisotopic (exact) mass is 168 g/mol. The molecule has 10 heavy (non-hydrogen) atoms. The fraction of sp³-hybridized carbons (Fsp3) is 0. The molecule has 1 rings (SSSR count). The molecule has 0 aromatic heterocycles. The van der Waals surface area contributed by atoms with Crippen molar-refractivity contribution in [3.63, 3.8) is 0 Å². The first-order valence-electron chi connectivity index (χ1n) is 2.46. The summed E-state index contributed by atoms with van der Waals surface area (Å²) in [6, 6.07) is 8.47. The van der Waals surface area contributed by atoms with E-state index in [0.29, 0.717) is 4.90 Å². The Hall–Kier alpha value is 0.0962. The molecular weight excluding hydrogens is 160 g/mol. The van der Waals surface area contributed by atoms with Crippen molar-refractivity contribution in [2.45, 2.75) is 4.90 Å². The molecule has 0 fully saturated rings. The van der Waals surface area contributed by atoms with Crippen molar-refractivity contribution in [3.05, 3.63) is 30.3 Å². The Labute approximate surface area is 78.1 Å². The van der Waals surface area contributed by atoms with E-state index < -0.39 is 11.1 Å². The summed E-state index contributed by atoms with van der Waals surface area (Å²) in [5, 5.41) is 0. The Bertz CT molecular complexity index is 212. The van der Waals surface area contributed by atoms with Gasteiger partial charge in [0.05, 0.1) is 4.90 Å². The molecule has 0 saturated heterocycles. The molecule has 1 aromatic rings. The average molecular weight is 168 g/mol. The molecule has 0 aliphatic heterocycles. The molecule has 0 bridgehead atoms. The lowest BCUT2D eigenvalue weighted by Crippen LogP contribution is -1.84. The fourth-order valence-corrected chi connectivity index (χ4v) is 0.927. The SMILES string of the molecule is O=S(O)c1ccccc1.[MgH2]. The maximum Gasteiger partial charge on any atom is 0.316 e. The van der Waals surface area contributed by atoms with Gasteiger partial charge in [-0.3, -0.25) is 0 Å². The molecule has 0 heterocycles. The van der Waals surface area contributed by atoms with Gasteiger partial charge in [-0.1, -0.05) is 18.2 Å². The van der Waals surface area contributed by atoms with Gasteiger partial charge in [0.1, 0.15) is 0 Å². The Morgan fingerprint density at radius 3 is 2.00 bits per heavy atom. The van der Waals surface area contributed by atoms with Crippen molar-refractivity contribution in [1.29, 1.82) is 0 Å². The summed E-state index contributed by atoms with van der Waals surface area (Å²) < 4.78 is 18.8. The zero-order valence-corrected chi connectivity index (χ0v) is 5.47. The molecule has 4 heteroatoms. The molecule has 0 radical (unpaired) electrons. The summed E-state index contributed by atoms with van der Waals surface area (Å²) in [5.41, 5.74) is 0. The predicted octanol–water partition coefficient (Wildman–Crippen LogP) is 0.351. The van der Waals surface area contributed by atoms with Gasteiger partial charge in [-0.2, -0.15) is 0 Å². The molecule has 1 atom stereocenters. The van der Waals surface area contributed by atoms with Crippen molar-refractivity contribution >= 4 is 34.1 Å². The molecule has 52 valence electrons. The topological polar surface area (TPSA) is 37.3 Å². The van der Waals surface area contributed by atoms with Crippen molar-refractivity contribution in [3.8, 4) is 0 Å². The Balaban J connectivity index is 0.000000810. The first kappa shape index (κ1) is 10.1. The Morgan fingerprint density at radius 2 is 1.70 bits per heavy atom. The fourth-order valence-electron chi connectivity index (χ4n) is 0.537. The largest absolute Gasteiger partial charge is 0.316 e. The van der Waals surface area contributed by atoms with Crippen LogP contribution in [0.15, 0.2) is 35.2 Å². The van der Waals surface area contributed by atoms with Crippen LogP contribution in [0.2, 0.25) is 0 Å². The highest BCUT2D eigenvalue weighted by atomic mass is 32.2. The highest BCUT2D eigenvalue weighted by molar-refractivity contribution is 7.79. The van der Waals surface area contributed by atoms with Crippen LogP contribution in [0.3, 0.4) is 0 Å². The quantitative estimate of drug-likeness (QED) is 0.485. The van der Waals surface area contributed by atoms with E-state index in [1.165, 1.54) is 0 Å². The van der Waals surface area contributed by atoms with E-state index in [0.717, 1.165) is 0 Å². The minimum absolute atomic E-state index is 0. The van der Waals surface area contributed by atoms with Crippen LogP contribution in [0.5, 0.6) is 0 Å². The molecule has 0 aliphatic carbocycles. The summed E-state index contributed by atoms with van der Waals surface area (Å²) in [5.74, 6) is 0. The van der Waals surface area contributed by atoms with E-state index in [-0.39, 0.29) is 23.1 Å². The number of benzene rings is 1. The van der Waals surface area contributed by atoms with Gasteiger partial charge in [-0.25, -0.2) is 4.21 Å². The van der Waals surface area contributed by atoms with Crippen molar-refractivity contribution in [2.75, 3.05) is 0 Å². The molecule has 0 saturated carbocycles. The van der Waals surface area contributed by atoms with Crippen LogP contribution >= 0.6 is 0 Å². The van der Waals surface area contributed by atoms with Crippen LogP contribution in [0.1, 0.15) is 0 Å². The molecular formula is C6H8MgO2S. The minimum atomic E-state index is -1.83. The van der Waals surface area contributed by atoms with Crippen LogP contribution in [0, 0.1) is 0 Å². The summed E-state index contributed by atoms with van der Waals surface area (Å²) in [4.78, 5) is 0.442. The van der Waals surface area contributed by atoms with Gasteiger partial charge >= 0.3 is 23.1 Å². The third kappa shape index (κ3) is 2.79. The lowest BCUT2D eigenvalue weighted by atomic mass is 10.4. The van der Waals surface area contributed by atoms with Crippen molar-refractivity contribution in [2.24, 2.45) is 0 Å². The normalized spacial score (nSPS) is 11.7. The lowest BCUT2D eigenvalue weighted by Gasteiger charge is -1.89. The standard InChI is InChI=1S/C6H6O2S.Mg.2H/c7-9(8)6-4-2-1-3-5-6;;;/h1-5H,(H,7,8);;;. The second-order valence-corrected chi connectivity index (χ2v) is 2.53. The second-order valence-electron chi connectivity index (χ2n) is 1.56. The van der Waals surface area contributed by atoms with E-state index in [4.69, 9.17) is 4.55 Å². The van der Waals surface area contributed by atoms with Gasteiger partial charge in [0, 0.05) is 0 Å². The zero-order chi connectivity index (χ0) is 6.69. The van der Waals surface area contributed by atoms with Crippen LogP contribution in [-0.2, 0) is 11.1 Å². The van der Waals surface area contributed by atoms with Gasteiger partial charge in [-0.15, -0.1) is 0 Å². The van der Waals surface area contributed by atoms with Crippen molar-refractivity contribution < 1.29 is 8.76 Å². The summed E-state index contributed by atoms with van der Waals surface area (Å²) in [6.45, 7) is 0. The van der Waals surface area contributed by atoms with Gasteiger partial charge in [-0.05, 0) is 12.1 Å². The van der Waals surface area contributed by atoms with Crippen LogP contribution in [0.4, 0.5) is 0 Å². The zero-order valence-electron chi connectivity index (χ0n) is 4.65. The number of rotatable bonds is 1. The summed E-state index contributed by atoms with van der Waals surface area (Å²) >= 11 is -1.83. The lowest BCUT2D eigenvalue weighted by molar-refractivity contribution is 0.564. The molecule has 0 aliphatic rings. The summed E-state index contributed by atoms with van der Waals surface area (Å²) in [6.07, 6.45) is 0. The van der Waals surface area contributed by atoms with E-state index in [2.05, 4.69) is 0 Å². The maximum absolute atomic E-state index is 10.3.